The van der Waals surface area contributed by atoms with Crippen molar-refractivity contribution in [1.82, 2.24) is 9.88 Å². The lowest BCUT2D eigenvalue weighted by Gasteiger charge is -2.35. The summed E-state index contributed by atoms with van der Waals surface area (Å²) in [6, 6.07) is 11.2. The third-order valence-electron chi connectivity index (χ3n) is 6.17. The van der Waals surface area contributed by atoms with Crippen LogP contribution < -0.4 is 4.74 Å². The molecule has 8 nitrogen and oxygen atoms in total. The fourth-order valence-corrected chi connectivity index (χ4v) is 4.64. The predicted molar refractivity (Wildman–Crippen MR) is 117 cm³/mol. The fourth-order valence-electron chi connectivity index (χ4n) is 4.64. The number of fused-ring (bicyclic) bond motifs is 1. The Morgan fingerprint density at radius 3 is 2.59 bits per heavy atom. The van der Waals surface area contributed by atoms with Crippen LogP contribution in [0.25, 0.3) is 0 Å². The molecule has 2 aliphatic rings. The Morgan fingerprint density at radius 1 is 1.19 bits per heavy atom. The van der Waals surface area contributed by atoms with Gasteiger partial charge in [-0.2, -0.15) is 0 Å². The van der Waals surface area contributed by atoms with Crippen LogP contribution in [0.2, 0.25) is 0 Å². The van der Waals surface area contributed by atoms with Gasteiger partial charge in [0.1, 0.15) is 17.4 Å². The molecule has 0 amide bonds. The van der Waals surface area contributed by atoms with Crippen LogP contribution in [0.3, 0.4) is 0 Å². The van der Waals surface area contributed by atoms with Crippen LogP contribution in [0.5, 0.6) is 5.75 Å². The second-order valence-electron chi connectivity index (χ2n) is 8.18. The van der Waals surface area contributed by atoms with Gasteiger partial charge in [-0.25, -0.2) is 4.79 Å². The molecular weight excluding hydrogens is 412 g/mol. The highest BCUT2D eigenvalue weighted by Gasteiger charge is 2.42. The summed E-state index contributed by atoms with van der Waals surface area (Å²) in [4.78, 5) is 27.0. The van der Waals surface area contributed by atoms with Crippen LogP contribution in [-0.2, 0) is 16.0 Å². The highest BCUT2D eigenvalue weighted by atomic mass is 16.5. The molecule has 1 saturated heterocycles. The van der Waals surface area contributed by atoms with Crippen LogP contribution in [0.15, 0.2) is 48.8 Å². The Labute approximate surface area is 187 Å². The molecule has 1 aliphatic carbocycles. The van der Waals surface area contributed by atoms with Gasteiger partial charge in [0.15, 0.2) is 0 Å². The maximum Gasteiger partial charge on any atom is 0.341 e. The van der Waals surface area contributed by atoms with Gasteiger partial charge in [-0.05, 0) is 54.9 Å². The van der Waals surface area contributed by atoms with Crippen molar-refractivity contribution in [2.45, 2.75) is 31.5 Å². The number of benzene rings is 1. The first kappa shape index (κ1) is 23.7. The lowest BCUT2D eigenvalue weighted by atomic mass is 9.78. The van der Waals surface area contributed by atoms with E-state index in [2.05, 4.69) is 16.0 Å². The number of para-hydroxylation sites is 1. The fraction of sp³-hybridized carbons (Fsp3) is 0.458. The van der Waals surface area contributed by atoms with Crippen LogP contribution in [0.4, 0.5) is 0 Å². The van der Waals surface area contributed by atoms with Crippen molar-refractivity contribution in [2.24, 2.45) is 11.8 Å². The smallest absolute Gasteiger partial charge is 0.341 e. The Hall–Kier alpha value is -2.97. The van der Waals surface area contributed by atoms with E-state index in [1.165, 1.54) is 12.7 Å². The quantitative estimate of drug-likeness (QED) is 0.518. The third-order valence-corrected chi connectivity index (χ3v) is 6.17. The molecule has 2 heterocycles. The molecule has 2 N–H and O–H groups in total. The maximum absolute atomic E-state index is 12.0. The summed E-state index contributed by atoms with van der Waals surface area (Å²) in [5, 5.41) is 17.6. The number of carbonyl (C=O) groups excluding carboxylic acids is 1. The zero-order chi connectivity index (χ0) is 22.9. The Morgan fingerprint density at radius 2 is 1.91 bits per heavy atom. The van der Waals surface area contributed by atoms with Gasteiger partial charge < -0.3 is 24.6 Å². The van der Waals surface area contributed by atoms with Crippen molar-refractivity contribution >= 4 is 12.4 Å². The number of aromatic nitrogens is 1. The van der Waals surface area contributed by atoms with Gasteiger partial charge in [-0.1, -0.05) is 18.2 Å². The number of esters is 1. The van der Waals surface area contributed by atoms with Crippen molar-refractivity contribution in [3.63, 3.8) is 0 Å². The van der Waals surface area contributed by atoms with E-state index in [-0.39, 0.29) is 12.6 Å². The predicted octanol–water partition coefficient (Wildman–Crippen LogP) is 2.26. The molecule has 0 bridgehead atoms. The first-order valence-corrected chi connectivity index (χ1v) is 10.8. The van der Waals surface area contributed by atoms with Crippen LogP contribution >= 0.6 is 0 Å². The number of pyridine rings is 1. The number of hydrogen-bond acceptors (Lipinski definition) is 7. The number of hydrogen-bond donors (Lipinski definition) is 2. The number of likely N-dealkylation sites (tertiary alicyclic amines) is 1. The standard InChI is InChI=1S/C23H28N2O4.CH2O2/c1-28-23(27)19-6-2-3-7-21(19)29-22-12-18-15-25(14-17(18)11-20(22)26)10-8-16-5-4-9-24-13-16;2-1-3/h2-7,9,13,17-18,20,22,26H,8,10-12,14-15H2,1H3;1H,(H,2,3)/t17-,18+,20+,22+;/m0./s1. The minimum Gasteiger partial charge on any atom is -0.487 e. The molecule has 1 saturated carbocycles. The molecule has 172 valence electrons. The summed E-state index contributed by atoms with van der Waals surface area (Å²) in [5.41, 5.74) is 1.65. The van der Waals surface area contributed by atoms with E-state index in [4.69, 9.17) is 19.4 Å². The van der Waals surface area contributed by atoms with Gasteiger partial charge >= 0.3 is 5.97 Å². The van der Waals surface area contributed by atoms with Gasteiger partial charge in [-0.3, -0.25) is 9.78 Å². The SMILES string of the molecule is COC(=O)c1ccccc1O[C@@H]1C[C@@H]2CN(CCc3cccnc3)C[C@@H]2C[C@H]1O.O=CO. The average molecular weight is 443 g/mol. The molecule has 1 aromatic carbocycles. The number of carbonyl (C=O) groups is 2. The zero-order valence-electron chi connectivity index (χ0n) is 18.2. The number of aliphatic hydroxyl groups excluding tert-OH is 1. The summed E-state index contributed by atoms with van der Waals surface area (Å²) in [6.07, 6.45) is 5.41. The van der Waals surface area contributed by atoms with E-state index in [1.807, 2.05) is 18.3 Å². The number of carboxylic acid groups (broad SMARTS) is 1. The zero-order valence-corrected chi connectivity index (χ0v) is 18.2. The molecule has 4 rings (SSSR count). The number of rotatable bonds is 6. The van der Waals surface area contributed by atoms with Crippen LogP contribution in [0, 0.1) is 11.8 Å². The molecule has 4 atom stereocenters. The maximum atomic E-state index is 12.0. The molecule has 0 spiro atoms. The van der Waals surface area contributed by atoms with Crippen LogP contribution in [-0.4, -0.2) is 71.5 Å². The van der Waals surface area contributed by atoms with Gasteiger partial charge in [0.05, 0.1) is 13.2 Å². The Kier molecular flexibility index (Phi) is 8.58. The topological polar surface area (TPSA) is 109 Å². The summed E-state index contributed by atoms with van der Waals surface area (Å²) < 4.78 is 11.0. The van der Waals surface area contributed by atoms with Gasteiger partial charge in [0, 0.05) is 32.0 Å². The summed E-state index contributed by atoms with van der Waals surface area (Å²) in [7, 11) is 1.36. The highest BCUT2D eigenvalue weighted by Crippen LogP contribution is 2.38. The molecule has 2 fully saturated rings. The van der Waals surface area contributed by atoms with Crippen molar-refractivity contribution in [2.75, 3.05) is 26.7 Å². The molecule has 32 heavy (non-hydrogen) atoms. The number of ether oxygens (including phenoxy) is 2. The highest BCUT2D eigenvalue weighted by molar-refractivity contribution is 5.92. The normalized spacial score (nSPS) is 24.6. The Balaban J connectivity index is 0.000000913. The van der Waals surface area contributed by atoms with Crippen molar-refractivity contribution in [3.8, 4) is 5.75 Å². The van der Waals surface area contributed by atoms with E-state index in [0.717, 1.165) is 38.9 Å². The second-order valence-corrected chi connectivity index (χ2v) is 8.18. The van der Waals surface area contributed by atoms with E-state index in [1.54, 1.807) is 24.4 Å². The molecule has 0 radical (unpaired) electrons. The van der Waals surface area contributed by atoms with Crippen LogP contribution in [0.1, 0.15) is 28.8 Å². The average Bonchev–Trinajstić information content (AvgIpc) is 3.20. The van der Waals surface area contributed by atoms with E-state index in [0.29, 0.717) is 23.1 Å². The third kappa shape index (κ3) is 6.05. The van der Waals surface area contributed by atoms with Gasteiger partial charge in [0.25, 0.3) is 6.47 Å². The lowest BCUT2D eigenvalue weighted by molar-refractivity contribution is -0.122. The van der Waals surface area contributed by atoms with Crippen molar-refractivity contribution < 1.29 is 29.3 Å². The number of nitrogens with zero attached hydrogens (tertiary/aromatic N) is 2. The van der Waals surface area contributed by atoms with Gasteiger partial charge in [-0.15, -0.1) is 0 Å². The first-order chi connectivity index (χ1) is 15.5. The molecule has 1 aliphatic heterocycles. The second kappa shape index (κ2) is 11.6. The van der Waals surface area contributed by atoms with E-state index < -0.39 is 12.1 Å². The summed E-state index contributed by atoms with van der Waals surface area (Å²) in [5.74, 6) is 1.05. The van der Waals surface area contributed by atoms with Crippen molar-refractivity contribution in [1.29, 1.82) is 0 Å². The Bertz CT molecular complexity index is 878. The molecule has 1 aromatic heterocycles. The first-order valence-electron chi connectivity index (χ1n) is 10.8. The minimum absolute atomic E-state index is 0.250. The van der Waals surface area contributed by atoms with E-state index >= 15 is 0 Å². The summed E-state index contributed by atoms with van der Waals surface area (Å²) in [6.45, 7) is 2.80. The van der Waals surface area contributed by atoms with Gasteiger partial charge in [0.2, 0.25) is 0 Å². The molecule has 8 heteroatoms. The van der Waals surface area contributed by atoms with E-state index in [9.17, 15) is 9.90 Å². The minimum atomic E-state index is -0.528. The molecule has 2 aromatic rings. The largest absolute Gasteiger partial charge is 0.487 e. The lowest BCUT2D eigenvalue weighted by Crippen LogP contribution is -2.42. The number of aliphatic hydroxyl groups is 1. The van der Waals surface area contributed by atoms with Crippen molar-refractivity contribution in [3.05, 3.63) is 59.9 Å². The number of methoxy groups -OCH3 is 1. The summed E-state index contributed by atoms with van der Waals surface area (Å²) >= 11 is 0. The monoisotopic (exact) mass is 442 g/mol. The molecule has 0 unspecified atom stereocenters. The molecular formula is C24H30N2O6.